The molecule has 0 amide bonds. The maximum Gasteiger partial charge on any atom is 0.343 e. The monoisotopic (exact) mass is 291 g/mol. The van der Waals surface area contributed by atoms with E-state index in [9.17, 15) is 4.79 Å². The predicted molar refractivity (Wildman–Crippen MR) is 79.2 cm³/mol. The van der Waals surface area contributed by atoms with Gasteiger partial charge in [-0.1, -0.05) is 0 Å². The van der Waals surface area contributed by atoms with Gasteiger partial charge in [-0.25, -0.2) is 4.79 Å². The second-order valence-corrected chi connectivity index (χ2v) is 5.00. The summed E-state index contributed by atoms with van der Waals surface area (Å²) in [5.74, 6) is -0.315. The van der Waals surface area contributed by atoms with Crippen LogP contribution < -0.4 is 5.32 Å². The van der Waals surface area contributed by atoms with E-state index >= 15 is 0 Å². The van der Waals surface area contributed by atoms with Crippen LogP contribution in [0.3, 0.4) is 0 Å². The molecule has 0 aliphatic carbocycles. The van der Waals surface area contributed by atoms with Gasteiger partial charge in [-0.2, -0.15) is 4.37 Å². The van der Waals surface area contributed by atoms with Gasteiger partial charge in [0.15, 0.2) is 0 Å². The minimum absolute atomic E-state index is 0.315. The van der Waals surface area contributed by atoms with Crippen molar-refractivity contribution in [3.05, 3.63) is 41.3 Å². The highest BCUT2D eigenvalue weighted by molar-refractivity contribution is 7.10. The first-order valence-electron chi connectivity index (χ1n) is 6.48. The topological polar surface area (TPSA) is 64.1 Å². The first kappa shape index (κ1) is 14.5. The fraction of sp³-hybridized carbons (Fsp3) is 0.357. The predicted octanol–water partition coefficient (Wildman–Crippen LogP) is 2.68. The van der Waals surface area contributed by atoms with Crippen molar-refractivity contribution in [3.63, 3.8) is 0 Å². The standard InChI is InChI=1S/C14H17N3O2S/c1-3-19-14(18)12-10(2)17-20-13(12)16-9-6-11-4-7-15-8-5-11/h4-5,7-8,16H,3,6,9H2,1-2H3. The number of anilines is 1. The average molecular weight is 291 g/mol. The number of nitrogens with zero attached hydrogens (tertiary/aromatic N) is 2. The van der Waals surface area contributed by atoms with Crippen LogP contribution >= 0.6 is 11.5 Å². The summed E-state index contributed by atoms with van der Waals surface area (Å²) >= 11 is 1.29. The molecule has 5 nitrogen and oxygen atoms in total. The van der Waals surface area contributed by atoms with Crippen molar-refractivity contribution in [2.24, 2.45) is 0 Å². The van der Waals surface area contributed by atoms with Gasteiger partial charge in [0.1, 0.15) is 10.6 Å². The summed E-state index contributed by atoms with van der Waals surface area (Å²) in [4.78, 5) is 15.9. The van der Waals surface area contributed by atoms with E-state index in [1.807, 2.05) is 19.1 Å². The van der Waals surface area contributed by atoms with Crippen molar-refractivity contribution >= 4 is 22.5 Å². The van der Waals surface area contributed by atoms with E-state index in [4.69, 9.17) is 4.74 Å². The summed E-state index contributed by atoms with van der Waals surface area (Å²) in [5.41, 5.74) is 2.46. The van der Waals surface area contributed by atoms with Gasteiger partial charge in [-0.3, -0.25) is 4.98 Å². The molecule has 0 bridgehead atoms. The molecule has 0 unspecified atom stereocenters. The molecule has 2 aromatic heterocycles. The Balaban J connectivity index is 1.98. The molecule has 1 N–H and O–H groups in total. The first-order valence-corrected chi connectivity index (χ1v) is 7.26. The quantitative estimate of drug-likeness (QED) is 0.829. The summed E-state index contributed by atoms with van der Waals surface area (Å²) in [6.07, 6.45) is 4.41. The highest BCUT2D eigenvalue weighted by atomic mass is 32.1. The van der Waals surface area contributed by atoms with Crippen LogP contribution in [0, 0.1) is 6.92 Å². The van der Waals surface area contributed by atoms with Gasteiger partial charge in [-0.15, -0.1) is 0 Å². The van der Waals surface area contributed by atoms with Gasteiger partial charge >= 0.3 is 5.97 Å². The SMILES string of the molecule is CCOC(=O)c1c(C)nsc1NCCc1ccncc1. The van der Waals surface area contributed by atoms with Gasteiger partial charge in [0.05, 0.1) is 12.3 Å². The fourth-order valence-electron chi connectivity index (χ4n) is 1.80. The molecule has 0 spiro atoms. The Labute approximate surface area is 122 Å². The third-order valence-corrected chi connectivity index (χ3v) is 3.69. The largest absolute Gasteiger partial charge is 0.462 e. The molecule has 2 heterocycles. The molecular formula is C14H17N3O2S. The second kappa shape index (κ2) is 7.00. The Bertz CT molecular complexity index is 569. The van der Waals surface area contributed by atoms with E-state index < -0.39 is 0 Å². The normalized spacial score (nSPS) is 10.3. The highest BCUT2D eigenvalue weighted by Crippen LogP contribution is 2.25. The molecule has 0 atom stereocenters. The minimum atomic E-state index is -0.315. The van der Waals surface area contributed by atoms with Gasteiger partial charge in [0.2, 0.25) is 0 Å². The molecule has 0 radical (unpaired) electrons. The van der Waals surface area contributed by atoms with E-state index in [0.29, 0.717) is 17.9 Å². The first-order chi connectivity index (χ1) is 9.72. The zero-order valence-electron chi connectivity index (χ0n) is 11.5. The molecule has 2 aromatic rings. The number of pyridine rings is 1. The summed E-state index contributed by atoms with van der Waals surface area (Å²) < 4.78 is 9.27. The third kappa shape index (κ3) is 3.54. The molecule has 6 heteroatoms. The van der Waals surface area contributed by atoms with Gasteiger partial charge in [-0.05, 0) is 49.5 Å². The number of carbonyl (C=O) groups excluding carboxylic acids is 1. The maximum atomic E-state index is 11.9. The lowest BCUT2D eigenvalue weighted by Gasteiger charge is -2.07. The Morgan fingerprint density at radius 1 is 1.40 bits per heavy atom. The van der Waals surface area contributed by atoms with Crippen molar-refractivity contribution in [2.45, 2.75) is 20.3 Å². The third-order valence-electron chi connectivity index (χ3n) is 2.79. The molecule has 20 heavy (non-hydrogen) atoms. The van der Waals surface area contributed by atoms with Crippen molar-refractivity contribution in [1.29, 1.82) is 0 Å². The van der Waals surface area contributed by atoms with E-state index in [1.165, 1.54) is 17.1 Å². The van der Waals surface area contributed by atoms with Crippen molar-refractivity contribution in [3.8, 4) is 0 Å². The lowest BCUT2D eigenvalue weighted by molar-refractivity contribution is 0.0527. The van der Waals surface area contributed by atoms with Crippen LogP contribution in [-0.4, -0.2) is 28.5 Å². The van der Waals surface area contributed by atoms with Crippen LogP contribution in [0.25, 0.3) is 0 Å². The molecule has 106 valence electrons. The zero-order chi connectivity index (χ0) is 14.4. The van der Waals surface area contributed by atoms with E-state index in [0.717, 1.165) is 18.0 Å². The summed E-state index contributed by atoms with van der Waals surface area (Å²) in [6.45, 7) is 4.71. The number of aromatic nitrogens is 2. The minimum Gasteiger partial charge on any atom is -0.462 e. The number of hydrogen-bond donors (Lipinski definition) is 1. The van der Waals surface area contributed by atoms with Crippen LogP contribution in [0.1, 0.15) is 28.5 Å². The highest BCUT2D eigenvalue weighted by Gasteiger charge is 2.19. The fourth-order valence-corrected chi connectivity index (χ4v) is 2.61. The van der Waals surface area contributed by atoms with Crippen LogP contribution in [0.4, 0.5) is 5.00 Å². The van der Waals surface area contributed by atoms with Crippen LogP contribution in [-0.2, 0) is 11.2 Å². The molecule has 0 aromatic carbocycles. The number of rotatable bonds is 6. The Hall–Kier alpha value is -1.95. The Kier molecular flexibility index (Phi) is 5.06. The van der Waals surface area contributed by atoms with Gasteiger partial charge in [0, 0.05) is 18.9 Å². The Morgan fingerprint density at radius 2 is 2.15 bits per heavy atom. The molecule has 0 aliphatic rings. The van der Waals surface area contributed by atoms with Crippen molar-refractivity contribution in [2.75, 3.05) is 18.5 Å². The van der Waals surface area contributed by atoms with Crippen molar-refractivity contribution in [1.82, 2.24) is 9.36 Å². The van der Waals surface area contributed by atoms with Crippen molar-refractivity contribution < 1.29 is 9.53 Å². The summed E-state index contributed by atoms with van der Waals surface area (Å²) in [5, 5.41) is 4.03. The Morgan fingerprint density at radius 3 is 2.85 bits per heavy atom. The van der Waals surface area contributed by atoms with E-state index in [-0.39, 0.29) is 5.97 Å². The van der Waals surface area contributed by atoms with Crippen LogP contribution in [0.5, 0.6) is 0 Å². The maximum absolute atomic E-state index is 11.9. The zero-order valence-corrected chi connectivity index (χ0v) is 12.4. The average Bonchev–Trinajstić information content (AvgIpc) is 2.81. The molecule has 0 fully saturated rings. The summed E-state index contributed by atoms with van der Waals surface area (Å²) in [6, 6.07) is 3.96. The van der Waals surface area contributed by atoms with E-state index in [1.54, 1.807) is 19.3 Å². The number of aryl methyl sites for hydroxylation is 1. The number of hydrogen-bond acceptors (Lipinski definition) is 6. The molecule has 0 saturated carbocycles. The van der Waals surface area contributed by atoms with E-state index in [2.05, 4.69) is 14.7 Å². The number of nitrogens with one attached hydrogen (secondary N) is 1. The van der Waals surface area contributed by atoms with Crippen LogP contribution in [0.2, 0.25) is 0 Å². The van der Waals surface area contributed by atoms with Crippen LogP contribution in [0.15, 0.2) is 24.5 Å². The second-order valence-electron chi connectivity index (χ2n) is 4.22. The summed E-state index contributed by atoms with van der Waals surface area (Å²) in [7, 11) is 0. The smallest absolute Gasteiger partial charge is 0.343 e. The number of carbonyl (C=O) groups is 1. The number of ether oxygens (including phenoxy) is 1. The molecule has 0 saturated heterocycles. The molecular weight excluding hydrogens is 274 g/mol. The lowest BCUT2D eigenvalue weighted by Crippen LogP contribution is -2.10. The molecule has 0 aliphatic heterocycles. The van der Waals surface area contributed by atoms with Gasteiger partial charge in [0.25, 0.3) is 0 Å². The molecule has 2 rings (SSSR count). The number of esters is 1. The lowest BCUT2D eigenvalue weighted by atomic mass is 10.2. The van der Waals surface area contributed by atoms with Gasteiger partial charge < -0.3 is 10.1 Å².